The van der Waals surface area contributed by atoms with Crippen molar-refractivity contribution in [3.05, 3.63) is 0 Å². The molecule has 0 amide bonds. The molecule has 0 aliphatic heterocycles. The highest BCUT2D eigenvalue weighted by Crippen LogP contribution is 2.09. The molecule has 2 atom stereocenters. The van der Waals surface area contributed by atoms with Gasteiger partial charge in [-0.2, -0.15) is 4.72 Å². The monoisotopic (exact) mass is 181 g/mol. The molecule has 11 heavy (non-hydrogen) atoms. The van der Waals surface area contributed by atoms with Crippen LogP contribution in [0.4, 0.5) is 0 Å². The number of unbranched alkanes of at least 4 members (excludes halogenated alkanes) is 1. The Morgan fingerprint density at radius 2 is 2.18 bits per heavy atom. The summed E-state index contributed by atoms with van der Waals surface area (Å²) < 4.78 is 20.7. The maximum atomic E-state index is 10.2. The summed E-state index contributed by atoms with van der Waals surface area (Å²) in [4.78, 5) is 0. The van der Waals surface area contributed by atoms with E-state index in [0.717, 1.165) is 12.8 Å². The summed E-state index contributed by atoms with van der Waals surface area (Å²) in [5.74, 6) is 0. The average Bonchev–Trinajstić information content (AvgIpc) is 1.81. The van der Waals surface area contributed by atoms with Crippen LogP contribution >= 0.6 is 0 Å². The lowest BCUT2D eigenvalue weighted by Gasteiger charge is -2.21. The van der Waals surface area contributed by atoms with Crippen LogP contribution in [0.5, 0.6) is 0 Å². The first-order chi connectivity index (χ1) is 4.98. The van der Waals surface area contributed by atoms with Crippen molar-refractivity contribution in [2.45, 2.75) is 38.8 Å². The standard InChI is InChI=1S/C6H15NO3S/c1-3-4-5-6(2,8)7-11(9)10/h7-8H,3-5H2,1-2H3,(H,9,10). The first-order valence-electron chi connectivity index (χ1n) is 3.59. The van der Waals surface area contributed by atoms with Gasteiger partial charge in [-0.3, -0.25) is 4.55 Å². The Balaban J connectivity index is 3.70. The van der Waals surface area contributed by atoms with Gasteiger partial charge in [0.15, 0.2) is 0 Å². The topological polar surface area (TPSA) is 69.6 Å². The second-order valence-electron chi connectivity index (χ2n) is 2.73. The summed E-state index contributed by atoms with van der Waals surface area (Å²) in [6.07, 6.45) is 2.27. The Bertz CT molecular complexity index is 138. The van der Waals surface area contributed by atoms with Crippen LogP contribution in [0.25, 0.3) is 0 Å². The van der Waals surface area contributed by atoms with Crippen molar-refractivity contribution in [2.75, 3.05) is 0 Å². The normalized spacial score (nSPS) is 19.3. The van der Waals surface area contributed by atoms with Crippen molar-refractivity contribution in [2.24, 2.45) is 0 Å². The summed E-state index contributed by atoms with van der Waals surface area (Å²) >= 11 is -2.14. The molecule has 2 unspecified atom stereocenters. The van der Waals surface area contributed by atoms with Crippen LogP contribution < -0.4 is 4.72 Å². The van der Waals surface area contributed by atoms with E-state index in [0.29, 0.717) is 6.42 Å². The van der Waals surface area contributed by atoms with E-state index in [9.17, 15) is 9.32 Å². The van der Waals surface area contributed by atoms with Gasteiger partial charge in [0.25, 0.3) is 0 Å². The van der Waals surface area contributed by atoms with Gasteiger partial charge in [0.1, 0.15) is 5.72 Å². The molecule has 0 aliphatic rings. The van der Waals surface area contributed by atoms with Crippen LogP contribution in [-0.2, 0) is 11.3 Å². The predicted molar refractivity (Wildman–Crippen MR) is 44.1 cm³/mol. The molecule has 4 nitrogen and oxygen atoms in total. The number of rotatable bonds is 5. The Labute approximate surface area is 69.4 Å². The zero-order valence-electron chi connectivity index (χ0n) is 6.83. The number of nitrogens with one attached hydrogen (secondary N) is 1. The van der Waals surface area contributed by atoms with Gasteiger partial charge >= 0.3 is 0 Å². The zero-order chi connectivity index (χ0) is 8.91. The quantitative estimate of drug-likeness (QED) is 0.430. The molecule has 0 spiro atoms. The fourth-order valence-electron chi connectivity index (χ4n) is 0.760. The first kappa shape index (κ1) is 11.0. The Morgan fingerprint density at radius 3 is 2.55 bits per heavy atom. The summed E-state index contributed by atoms with van der Waals surface area (Å²) in [7, 11) is 0. The summed E-state index contributed by atoms with van der Waals surface area (Å²) in [6, 6.07) is 0. The van der Waals surface area contributed by atoms with Crippen LogP contribution in [0, 0.1) is 0 Å². The Kier molecular flexibility index (Phi) is 4.83. The number of hydrogen-bond donors (Lipinski definition) is 3. The van der Waals surface area contributed by atoms with E-state index in [4.69, 9.17) is 4.55 Å². The molecule has 0 fully saturated rings. The van der Waals surface area contributed by atoms with Crippen LogP contribution in [-0.4, -0.2) is 19.6 Å². The highest BCUT2D eigenvalue weighted by atomic mass is 32.2. The lowest BCUT2D eigenvalue weighted by molar-refractivity contribution is 0.0370. The average molecular weight is 181 g/mol. The van der Waals surface area contributed by atoms with Gasteiger partial charge in [0, 0.05) is 0 Å². The second kappa shape index (κ2) is 4.82. The SMILES string of the molecule is CCCCC(C)(O)NS(=O)O. The third-order valence-electron chi connectivity index (χ3n) is 1.32. The Morgan fingerprint density at radius 1 is 1.64 bits per heavy atom. The lowest BCUT2D eigenvalue weighted by atomic mass is 10.1. The predicted octanol–water partition coefficient (Wildman–Crippen LogP) is 0.611. The number of aliphatic hydroxyl groups is 1. The van der Waals surface area contributed by atoms with Crippen molar-refractivity contribution in [1.29, 1.82) is 0 Å². The summed E-state index contributed by atoms with van der Waals surface area (Å²) in [5, 5.41) is 9.35. The van der Waals surface area contributed by atoms with Gasteiger partial charge in [-0.25, -0.2) is 4.21 Å². The van der Waals surface area contributed by atoms with Gasteiger partial charge < -0.3 is 5.11 Å². The summed E-state index contributed by atoms with van der Waals surface area (Å²) in [6.45, 7) is 3.47. The minimum atomic E-state index is -2.14. The molecule has 0 saturated heterocycles. The molecule has 0 aromatic heterocycles. The smallest absolute Gasteiger partial charge is 0.234 e. The van der Waals surface area contributed by atoms with E-state index < -0.39 is 17.0 Å². The minimum absolute atomic E-state index is 0.482. The molecule has 3 N–H and O–H groups in total. The molecule has 0 bridgehead atoms. The van der Waals surface area contributed by atoms with Crippen molar-refractivity contribution >= 4 is 11.3 Å². The molecule has 5 heteroatoms. The van der Waals surface area contributed by atoms with E-state index in [1.54, 1.807) is 0 Å². The molecule has 0 aromatic carbocycles. The van der Waals surface area contributed by atoms with Crippen molar-refractivity contribution in [3.63, 3.8) is 0 Å². The van der Waals surface area contributed by atoms with Crippen LogP contribution in [0.3, 0.4) is 0 Å². The molecule has 68 valence electrons. The van der Waals surface area contributed by atoms with E-state index in [1.165, 1.54) is 6.92 Å². The van der Waals surface area contributed by atoms with E-state index in [-0.39, 0.29) is 0 Å². The van der Waals surface area contributed by atoms with Gasteiger partial charge in [-0.05, 0) is 19.8 Å². The molecule has 0 radical (unpaired) electrons. The van der Waals surface area contributed by atoms with Crippen LogP contribution in [0.1, 0.15) is 33.1 Å². The molecule has 0 rings (SSSR count). The highest BCUT2D eigenvalue weighted by Gasteiger charge is 2.20. The maximum Gasteiger partial charge on any atom is 0.234 e. The van der Waals surface area contributed by atoms with Crippen molar-refractivity contribution < 1.29 is 13.9 Å². The maximum absolute atomic E-state index is 10.2. The highest BCUT2D eigenvalue weighted by molar-refractivity contribution is 7.77. The van der Waals surface area contributed by atoms with E-state index in [1.807, 2.05) is 6.92 Å². The van der Waals surface area contributed by atoms with Crippen molar-refractivity contribution in [1.82, 2.24) is 4.72 Å². The molecule has 0 aromatic rings. The summed E-state index contributed by atoms with van der Waals surface area (Å²) in [5.41, 5.74) is -1.23. The van der Waals surface area contributed by atoms with Gasteiger partial charge in [0.2, 0.25) is 11.3 Å². The third kappa shape index (κ3) is 6.43. The van der Waals surface area contributed by atoms with E-state index in [2.05, 4.69) is 4.72 Å². The number of hydrogen-bond acceptors (Lipinski definition) is 2. The minimum Gasteiger partial charge on any atom is -0.375 e. The van der Waals surface area contributed by atoms with Gasteiger partial charge in [-0.15, -0.1) is 0 Å². The van der Waals surface area contributed by atoms with Crippen LogP contribution in [0.2, 0.25) is 0 Å². The van der Waals surface area contributed by atoms with Gasteiger partial charge in [0.05, 0.1) is 0 Å². The fourth-order valence-corrected chi connectivity index (χ4v) is 1.24. The fraction of sp³-hybridized carbons (Fsp3) is 1.00. The molecule has 0 saturated carbocycles. The lowest BCUT2D eigenvalue weighted by Crippen LogP contribution is -2.42. The zero-order valence-corrected chi connectivity index (χ0v) is 7.65. The Hall–Kier alpha value is 0.0300. The third-order valence-corrected chi connectivity index (χ3v) is 1.94. The molecule has 0 heterocycles. The van der Waals surface area contributed by atoms with Crippen LogP contribution in [0.15, 0.2) is 0 Å². The molecular weight excluding hydrogens is 166 g/mol. The van der Waals surface area contributed by atoms with E-state index >= 15 is 0 Å². The second-order valence-corrected chi connectivity index (χ2v) is 3.43. The molecule has 0 aliphatic carbocycles. The molecular formula is C6H15NO3S. The van der Waals surface area contributed by atoms with Gasteiger partial charge in [-0.1, -0.05) is 13.3 Å². The largest absolute Gasteiger partial charge is 0.375 e. The first-order valence-corrected chi connectivity index (χ1v) is 4.69. The van der Waals surface area contributed by atoms with Crippen molar-refractivity contribution in [3.8, 4) is 0 Å².